The van der Waals surface area contributed by atoms with E-state index < -0.39 is 27.7 Å². The van der Waals surface area contributed by atoms with Crippen molar-refractivity contribution in [2.75, 3.05) is 0 Å². The average Bonchev–Trinajstić information content (AvgIpc) is 2.01. The highest BCUT2D eigenvalue weighted by Gasteiger charge is 2.24. The minimum atomic E-state index is -1.37. The molecule has 4 nitrogen and oxygen atoms in total. The van der Waals surface area contributed by atoms with Gasteiger partial charge in [0.2, 0.25) is 0 Å². The van der Waals surface area contributed by atoms with Crippen LogP contribution in [0, 0.1) is 0 Å². The van der Waals surface area contributed by atoms with E-state index in [1.54, 1.807) is 33.8 Å². The smallest absolute Gasteiger partial charge is 0.325 e. The van der Waals surface area contributed by atoms with Crippen molar-refractivity contribution < 1.29 is 14.1 Å². The summed E-state index contributed by atoms with van der Waals surface area (Å²) in [6.07, 6.45) is 3.08. The Balaban J connectivity index is 4.47. The van der Waals surface area contributed by atoms with Crippen LogP contribution in [0.25, 0.3) is 0 Å². The zero-order chi connectivity index (χ0) is 11.4. The lowest BCUT2D eigenvalue weighted by molar-refractivity contribution is -0.137. The molecule has 0 aromatic heterocycles. The van der Waals surface area contributed by atoms with E-state index >= 15 is 0 Å². The van der Waals surface area contributed by atoms with Gasteiger partial charge in [-0.25, -0.2) is 8.93 Å². The van der Waals surface area contributed by atoms with Gasteiger partial charge in [-0.3, -0.25) is 4.79 Å². The molecule has 0 radical (unpaired) electrons. The van der Waals surface area contributed by atoms with Crippen LogP contribution in [-0.2, 0) is 15.8 Å². The van der Waals surface area contributed by atoms with Crippen molar-refractivity contribution in [3.05, 3.63) is 12.2 Å². The Hall–Kier alpha value is -0.680. The van der Waals surface area contributed by atoms with Crippen molar-refractivity contribution in [3.63, 3.8) is 0 Å². The van der Waals surface area contributed by atoms with Gasteiger partial charge in [-0.1, -0.05) is 12.2 Å². The Labute approximate surface area is 87.0 Å². The highest BCUT2D eigenvalue weighted by Crippen LogP contribution is 2.09. The molecule has 2 atom stereocenters. The van der Waals surface area contributed by atoms with Crippen LogP contribution in [0.3, 0.4) is 0 Å². The van der Waals surface area contributed by atoms with Gasteiger partial charge in [-0.05, 0) is 27.7 Å². The van der Waals surface area contributed by atoms with Gasteiger partial charge in [0.1, 0.15) is 6.04 Å². The van der Waals surface area contributed by atoms with Crippen LogP contribution < -0.4 is 4.72 Å². The topological polar surface area (TPSA) is 66.4 Å². The van der Waals surface area contributed by atoms with E-state index in [0.29, 0.717) is 0 Å². The summed E-state index contributed by atoms with van der Waals surface area (Å²) in [6.45, 7) is 7.07. The molecule has 0 fully saturated rings. The molecule has 0 amide bonds. The molecule has 0 spiro atoms. The van der Waals surface area contributed by atoms with Crippen molar-refractivity contribution in [1.82, 2.24) is 4.72 Å². The Kier molecular flexibility index (Phi) is 5.01. The maximum absolute atomic E-state index is 11.6. The molecule has 0 rings (SSSR count). The number of aliphatic carboxylic acids is 1. The minimum absolute atomic E-state index is 0.463. The number of hydrogen-bond donors (Lipinski definition) is 2. The summed E-state index contributed by atoms with van der Waals surface area (Å²) in [7, 11) is -1.37. The summed E-state index contributed by atoms with van der Waals surface area (Å²) in [6, 6.07) is -0.889. The third-order valence-corrected chi connectivity index (χ3v) is 3.02. The lowest BCUT2D eigenvalue weighted by Crippen LogP contribution is -2.42. The van der Waals surface area contributed by atoms with E-state index in [4.69, 9.17) is 5.11 Å². The summed E-state index contributed by atoms with van der Waals surface area (Å²) in [5, 5.41) is 8.77. The fraction of sp³-hybridized carbons (Fsp3) is 0.667. The molecule has 0 aromatic carbocycles. The van der Waals surface area contributed by atoms with Gasteiger partial charge in [-0.2, -0.15) is 0 Å². The fourth-order valence-corrected chi connectivity index (χ4v) is 1.42. The number of carboxylic acids is 1. The number of nitrogens with one attached hydrogen (secondary N) is 1. The summed E-state index contributed by atoms with van der Waals surface area (Å²) >= 11 is 0. The summed E-state index contributed by atoms with van der Waals surface area (Å²) in [5.74, 6) is -1.03. The largest absolute Gasteiger partial charge is 0.480 e. The summed E-state index contributed by atoms with van der Waals surface area (Å²) < 4.78 is 13.6. The van der Waals surface area contributed by atoms with E-state index in [2.05, 4.69) is 4.72 Å². The Morgan fingerprint density at radius 1 is 1.50 bits per heavy atom. The molecule has 5 heteroatoms. The SMILES string of the molecule is C/C=C\[C@H](NS(=O)C(C)(C)C)C(=O)O. The molecule has 2 N–H and O–H groups in total. The van der Waals surface area contributed by atoms with Crippen LogP contribution in [-0.4, -0.2) is 26.1 Å². The van der Waals surface area contributed by atoms with Gasteiger partial charge in [0.15, 0.2) is 0 Å². The highest BCUT2D eigenvalue weighted by molar-refractivity contribution is 7.84. The zero-order valence-electron chi connectivity index (χ0n) is 8.90. The van der Waals surface area contributed by atoms with Gasteiger partial charge in [0.25, 0.3) is 0 Å². The third-order valence-electron chi connectivity index (χ3n) is 1.44. The lowest BCUT2D eigenvalue weighted by atomic mass is 10.3. The predicted molar refractivity (Wildman–Crippen MR) is 57.3 cm³/mol. The first kappa shape index (κ1) is 13.3. The van der Waals surface area contributed by atoms with Crippen molar-refractivity contribution in [1.29, 1.82) is 0 Å². The molecule has 0 saturated carbocycles. The van der Waals surface area contributed by atoms with Crippen LogP contribution in [0.4, 0.5) is 0 Å². The molecule has 0 aliphatic rings. The van der Waals surface area contributed by atoms with E-state index in [1.165, 1.54) is 6.08 Å². The monoisotopic (exact) mass is 219 g/mol. The number of carbonyl (C=O) groups is 1. The quantitative estimate of drug-likeness (QED) is 0.695. The molecule has 0 bridgehead atoms. The lowest BCUT2D eigenvalue weighted by Gasteiger charge is -2.20. The van der Waals surface area contributed by atoms with Crippen molar-refractivity contribution >= 4 is 17.0 Å². The van der Waals surface area contributed by atoms with Crippen LogP contribution >= 0.6 is 0 Å². The first-order chi connectivity index (χ1) is 6.29. The van der Waals surface area contributed by atoms with Gasteiger partial charge in [-0.15, -0.1) is 0 Å². The molecule has 0 heterocycles. The molecule has 0 aromatic rings. The number of carboxylic acid groups (broad SMARTS) is 1. The normalized spacial score (nSPS) is 16.9. The van der Waals surface area contributed by atoms with Gasteiger partial charge in [0.05, 0.1) is 15.7 Å². The molecule has 0 aliphatic heterocycles. The second-order valence-electron chi connectivity index (χ2n) is 3.84. The van der Waals surface area contributed by atoms with E-state index in [1.807, 2.05) is 0 Å². The number of hydrogen-bond acceptors (Lipinski definition) is 2. The van der Waals surface area contributed by atoms with Crippen LogP contribution in [0.1, 0.15) is 27.7 Å². The second kappa shape index (κ2) is 5.26. The first-order valence-corrected chi connectivity index (χ1v) is 5.47. The molecule has 1 unspecified atom stereocenters. The van der Waals surface area contributed by atoms with Crippen molar-refractivity contribution in [3.8, 4) is 0 Å². The number of rotatable bonds is 4. The second-order valence-corrected chi connectivity index (χ2v) is 5.84. The summed E-state index contributed by atoms with van der Waals surface area (Å²) in [5.41, 5.74) is 0. The van der Waals surface area contributed by atoms with Crippen molar-refractivity contribution in [2.24, 2.45) is 0 Å². The van der Waals surface area contributed by atoms with Crippen molar-refractivity contribution in [2.45, 2.75) is 38.5 Å². The van der Waals surface area contributed by atoms with E-state index in [0.717, 1.165) is 0 Å². The molecule has 0 aliphatic carbocycles. The summed E-state index contributed by atoms with van der Waals surface area (Å²) in [4.78, 5) is 10.7. The number of allylic oxidation sites excluding steroid dienone is 1. The average molecular weight is 219 g/mol. The van der Waals surface area contributed by atoms with E-state index in [9.17, 15) is 9.00 Å². The standard InChI is InChI=1S/C9H17NO3S/c1-5-6-7(8(11)12)10-14(13)9(2,3)4/h5-7,10H,1-4H3,(H,11,12)/b6-5-/t7-,14?/m0/s1. The van der Waals surface area contributed by atoms with E-state index in [-0.39, 0.29) is 0 Å². The highest BCUT2D eigenvalue weighted by atomic mass is 32.2. The molecule has 0 saturated heterocycles. The third kappa shape index (κ3) is 4.53. The van der Waals surface area contributed by atoms with Gasteiger partial charge < -0.3 is 5.11 Å². The molecule has 82 valence electrons. The maximum atomic E-state index is 11.6. The zero-order valence-corrected chi connectivity index (χ0v) is 9.72. The van der Waals surface area contributed by atoms with Crippen LogP contribution in [0.2, 0.25) is 0 Å². The van der Waals surface area contributed by atoms with Crippen LogP contribution in [0.5, 0.6) is 0 Å². The van der Waals surface area contributed by atoms with Crippen LogP contribution in [0.15, 0.2) is 12.2 Å². The minimum Gasteiger partial charge on any atom is -0.480 e. The molecular weight excluding hydrogens is 202 g/mol. The van der Waals surface area contributed by atoms with Gasteiger partial charge >= 0.3 is 5.97 Å². The Morgan fingerprint density at radius 2 is 2.00 bits per heavy atom. The fourth-order valence-electron chi connectivity index (χ4n) is 0.657. The molecular formula is C9H17NO3S. The Morgan fingerprint density at radius 3 is 2.29 bits per heavy atom. The van der Waals surface area contributed by atoms with Gasteiger partial charge in [0, 0.05) is 0 Å². The predicted octanol–water partition coefficient (Wildman–Crippen LogP) is 1.07. The Bertz CT molecular complexity index is 255. The molecule has 14 heavy (non-hydrogen) atoms. The first-order valence-electron chi connectivity index (χ1n) is 4.32. The maximum Gasteiger partial charge on any atom is 0.325 e.